The maximum Gasteiger partial charge on any atom is 0.338 e. The van der Waals surface area contributed by atoms with Gasteiger partial charge in [0.2, 0.25) is 0 Å². The van der Waals surface area contributed by atoms with Crippen molar-refractivity contribution in [2.45, 2.75) is 13.0 Å². The molecule has 0 spiro atoms. The predicted octanol–water partition coefficient (Wildman–Crippen LogP) is 2.32. The van der Waals surface area contributed by atoms with Gasteiger partial charge in [0.05, 0.1) is 17.3 Å². The van der Waals surface area contributed by atoms with Crippen LogP contribution in [0.1, 0.15) is 12.5 Å². The van der Waals surface area contributed by atoms with Crippen molar-refractivity contribution >= 4 is 17.6 Å². The van der Waals surface area contributed by atoms with Gasteiger partial charge in [0, 0.05) is 0 Å². The highest BCUT2D eigenvalue weighted by molar-refractivity contribution is 5.91. The van der Waals surface area contributed by atoms with E-state index in [0.717, 1.165) is 0 Å². The Kier molecular flexibility index (Phi) is 5.90. The molecule has 2 rings (SSSR count). The van der Waals surface area contributed by atoms with Gasteiger partial charge in [-0.25, -0.2) is 14.6 Å². The van der Waals surface area contributed by atoms with Crippen molar-refractivity contribution in [2.24, 2.45) is 0 Å². The smallest absolute Gasteiger partial charge is 0.338 e. The number of anilines is 1. The topological polar surface area (TPSA) is 103 Å². The number of hydrazine groups is 1. The first kappa shape index (κ1) is 17.7. The van der Waals surface area contributed by atoms with E-state index >= 15 is 0 Å². The van der Waals surface area contributed by atoms with Crippen molar-refractivity contribution in [1.82, 2.24) is 10.9 Å². The molecular formula is C17H15FN4O3. The lowest BCUT2D eigenvalue weighted by Crippen LogP contribution is -2.48. The van der Waals surface area contributed by atoms with Gasteiger partial charge in [-0.3, -0.25) is 10.2 Å². The van der Waals surface area contributed by atoms with Crippen molar-refractivity contribution in [3.05, 3.63) is 59.9 Å². The lowest BCUT2D eigenvalue weighted by Gasteiger charge is -2.15. The molecule has 7 nitrogen and oxygen atoms in total. The number of hydrogen-bond acceptors (Lipinski definition) is 4. The number of benzene rings is 2. The summed E-state index contributed by atoms with van der Waals surface area (Å²) < 4.78 is 18.8. The van der Waals surface area contributed by atoms with E-state index in [1.807, 2.05) is 6.07 Å². The second-order valence-corrected chi connectivity index (χ2v) is 4.94. The fourth-order valence-electron chi connectivity index (χ4n) is 1.80. The van der Waals surface area contributed by atoms with E-state index in [4.69, 9.17) is 10.00 Å². The standard InChI is InChI=1S/C17H15FN4O3/c1-11(25-13-8-6-12(10-19)7-9-13)16(23)21-22-17(24)20-15-5-3-2-4-14(15)18/h2-9,11H,1H3,(H,21,23)(H2,20,22,24)/t11-/m0/s1. The summed E-state index contributed by atoms with van der Waals surface area (Å²) in [7, 11) is 0. The Labute approximate surface area is 143 Å². The number of urea groups is 1. The third kappa shape index (κ3) is 5.21. The second kappa shape index (κ2) is 8.31. The number of rotatable bonds is 4. The fourth-order valence-corrected chi connectivity index (χ4v) is 1.80. The van der Waals surface area contributed by atoms with Crippen molar-refractivity contribution in [3.8, 4) is 11.8 Å². The minimum atomic E-state index is -0.901. The summed E-state index contributed by atoms with van der Waals surface area (Å²) in [6, 6.07) is 13.0. The number of nitriles is 1. The molecule has 2 aromatic carbocycles. The van der Waals surface area contributed by atoms with Gasteiger partial charge in [0.25, 0.3) is 5.91 Å². The first-order valence-corrected chi connectivity index (χ1v) is 7.28. The van der Waals surface area contributed by atoms with Gasteiger partial charge in [-0.05, 0) is 43.3 Å². The van der Waals surface area contributed by atoms with E-state index in [-0.39, 0.29) is 5.69 Å². The summed E-state index contributed by atoms with van der Waals surface area (Å²) in [4.78, 5) is 23.5. The summed E-state index contributed by atoms with van der Waals surface area (Å²) in [6.45, 7) is 1.49. The monoisotopic (exact) mass is 342 g/mol. The molecule has 0 fully saturated rings. The first-order valence-electron chi connectivity index (χ1n) is 7.28. The SMILES string of the molecule is C[C@H](Oc1ccc(C#N)cc1)C(=O)NNC(=O)Nc1ccccc1F. The number of amides is 3. The number of para-hydroxylation sites is 1. The molecule has 0 aliphatic carbocycles. The molecule has 0 saturated carbocycles. The Balaban J connectivity index is 1.81. The van der Waals surface area contributed by atoms with Crippen LogP contribution < -0.4 is 20.9 Å². The molecular weight excluding hydrogens is 327 g/mol. The van der Waals surface area contributed by atoms with Crippen LogP contribution in [0.25, 0.3) is 0 Å². The van der Waals surface area contributed by atoms with Gasteiger partial charge in [-0.1, -0.05) is 12.1 Å². The van der Waals surface area contributed by atoms with Crippen molar-refractivity contribution < 1.29 is 18.7 Å². The molecule has 0 aromatic heterocycles. The molecule has 0 heterocycles. The molecule has 0 radical (unpaired) electrons. The molecule has 0 bridgehead atoms. The van der Waals surface area contributed by atoms with Crippen LogP contribution in [0.15, 0.2) is 48.5 Å². The van der Waals surface area contributed by atoms with Crippen LogP contribution in [0.4, 0.5) is 14.9 Å². The quantitative estimate of drug-likeness (QED) is 0.742. The van der Waals surface area contributed by atoms with Crippen LogP contribution in [0, 0.1) is 17.1 Å². The summed E-state index contributed by atoms with van der Waals surface area (Å²) in [5, 5.41) is 11.0. The van der Waals surface area contributed by atoms with E-state index in [9.17, 15) is 14.0 Å². The molecule has 128 valence electrons. The normalized spacial score (nSPS) is 10.9. The fraction of sp³-hybridized carbons (Fsp3) is 0.118. The number of halogens is 1. The Morgan fingerprint density at radius 1 is 1.12 bits per heavy atom. The Bertz CT molecular complexity index is 802. The van der Waals surface area contributed by atoms with Crippen LogP contribution >= 0.6 is 0 Å². The Hall–Kier alpha value is -3.60. The van der Waals surface area contributed by atoms with E-state index < -0.39 is 23.9 Å². The van der Waals surface area contributed by atoms with E-state index in [1.165, 1.54) is 25.1 Å². The minimum absolute atomic E-state index is 0.0175. The zero-order chi connectivity index (χ0) is 18.2. The molecule has 3 N–H and O–H groups in total. The maximum atomic E-state index is 13.4. The lowest BCUT2D eigenvalue weighted by atomic mass is 10.2. The molecule has 0 saturated heterocycles. The lowest BCUT2D eigenvalue weighted by molar-refractivity contribution is -0.127. The third-order valence-corrected chi connectivity index (χ3v) is 3.09. The van der Waals surface area contributed by atoms with Crippen LogP contribution in [0.2, 0.25) is 0 Å². The first-order chi connectivity index (χ1) is 12.0. The summed E-state index contributed by atoms with van der Waals surface area (Å²) in [5.41, 5.74) is 4.72. The van der Waals surface area contributed by atoms with Crippen LogP contribution in [0.5, 0.6) is 5.75 Å². The molecule has 0 unspecified atom stereocenters. The largest absolute Gasteiger partial charge is 0.481 e. The number of nitrogens with one attached hydrogen (secondary N) is 3. The minimum Gasteiger partial charge on any atom is -0.481 e. The van der Waals surface area contributed by atoms with Gasteiger partial charge in [0.1, 0.15) is 11.6 Å². The second-order valence-electron chi connectivity index (χ2n) is 4.94. The highest BCUT2D eigenvalue weighted by Gasteiger charge is 2.15. The molecule has 1 atom stereocenters. The Morgan fingerprint density at radius 2 is 1.80 bits per heavy atom. The molecule has 0 aliphatic heterocycles. The number of carbonyl (C=O) groups excluding carboxylic acids is 2. The van der Waals surface area contributed by atoms with Crippen LogP contribution in [-0.2, 0) is 4.79 Å². The summed E-state index contributed by atoms with van der Waals surface area (Å²) in [5.74, 6) is -0.799. The average Bonchev–Trinajstić information content (AvgIpc) is 2.62. The maximum absolute atomic E-state index is 13.4. The van der Waals surface area contributed by atoms with Crippen molar-refractivity contribution in [3.63, 3.8) is 0 Å². The van der Waals surface area contributed by atoms with Gasteiger partial charge >= 0.3 is 6.03 Å². The van der Waals surface area contributed by atoms with E-state index in [1.54, 1.807) is 30.3 Å². The highest BCUT2D eigenvalue weighted by atomic mass is 19.1. The highest BCUT2D eigenvalue weighted by Crippen LogP contribution is 2.13. The Morgan fingerprint density at radius 3 is 2.44 bits per heavy atom. The van der Waals surface area contributed by atoms with Gasteiger partial charge in [0.15, 0.2) is 6.10 Å². The number of carbonyl (C=O) groups is 2. The van der Waals surface area contributed by atoms with Gasteiger partial charge in [-0.2, -0.15) is 5.26 Å². The predicted molar refractivity (Wildman–Crippen MR) is 87.9 cm³/mol. The van der Waals surface area contributed by atoms with Crippen LogP contribution in [-0.4, -0.2) is 18.0 Å². The molecule has 8 heteroatoms. The molecule has 25 heavy (non-hydrogen) atoms. The number of hydrogen-bond donors (Lipinski definition) is 3. The zero-order valence-corrected chi connectivity index (χ0v) is 13.2. The van der Waals surface area contributed by atoms with Crippen molar-refractivity contribution in [1.29, 1.82) is 5.26 Å². The van der Waals surface area contributed by atoms with Crippen molar-refractivity contribution in [2.75, 3.05) is 5.32 Å². The third-order valence-electron chi connectivity index (χ3n) is 3.09. The zero-order valence-electron chi connectivity index (χ0n) is 13.2. The molecule has 3 amide bonds. The number of nitrogens with zero attached hydrogens (tertiary/aromatic N) is 1. The van der Waals surface area contributed by atoms with Gasteiger partial charge in [-0.15, -0.1) is 0 Å². The molecule has 2 aromatic rings. The van der Waals surface area contributed by atoms with E-state index in [0.29, 0.717) is 11.3 Å². The average molecular weight is 342 g/mol. The summed E-state index contributed by atoms with van der Waals surface area (Å²) in [6.07, 6.45) is -0.901. The summed E-state index contributed by atoms with van der Waals surface area (Å²) >= 11 is 0. The number of ether oxygens (including phenoxy) is 1. The molecule has 0 aliphatic rings. The van der Waals surface area contributed by atoms with Crippen LogP contribution in [0.3, 0.4) is 0 Å². The van der Waals surface area contributed by atoms with Gasteiger partial charge < -0.3 is 10.1 Å². The van der Waals surface area contributed by atoms with E-state index in [2.05, 4.69) is 16.2 Å².